The number of hydrogen-bond acceptors (Lipinski definition) is 4. The highest BCUT2D eigenvalue weighted by Gasteiger charge is 2.30. The zero-order valence-electron chi connectivity index (χ0n) is 12.3. The molecule has 1 amide bonds. The first kappa shape index (κ1) is 13.5. The van der Waals surface area contributed by atoms with Gasteiger partial charge in [0.05, 0.1) is 24.4 Å². The number of aromatic nitrogens is 4. The van der Waals surface area contributed by atoms with Gasteiger partial charge < -0.3 is 4.90 Å². The molecule has 1 saturated heterocycles. The highest BCUT2D eigenvalue weighted by Crippen LogP contribution is 2.32. The van der Waals surface area contributed by atoms with Crippen LogP contribution >= 0.6 is 11.3 Å². The van der Waals surface area contributed by atoms with Crippen molar-refractivity contribution >= 4 is 22.2 Å². The number of thiazole rings is 1. The van der Waals surface area contributed by atoms with E-state index in [4.69, 9.17) is 0 Å². The van der Waals surface area contributed by atoms with Crippen molar-refractivity contribution in [2.45, 2.75) is 25.3 Å². The third-order valence-electron chi connectivity index (χ3n) is 4.16. The van der Waals surface area contributed by atoms with E-state index in [-0.39, 0.29) is 11.9 Å². The molecule has 0 aliphatic carbocycles. The fourth-order valence-corrected chi connectivity index (χ4v) is 3.86. The molecule has 0 N–H and O–H groups in total. The van der Waals surface area contributed by atoms with Gasteiger partial charge in [0.15, 0.2) is 4.96 Å². The minimum absolute atomic E-state index is 0.150. The number of amides is 1. The highest BCUT2D eigenvalue weighted by atomic mass is 32.1. The summed E-state index contributed by atoms with van der Waals surface area (Å²) in [6, 6.07) is 0.157. The molecule has 0 radical (unpaired) electrons. The predicted octanol–water partition coefficient (Wildman–Crippen LogP) is 2.04. The molecule has 0 spiro atoms. The molecule has 3 aromatic heterocycles. The number of carbonyl (C=O) groups excluding carboxylic acids is 1. The largest absolute Gasteiger partial charge is 0.335 e. The summed E-state index contributed by atoms with van der Waals surface area (Å²) in [6.45, 7) is 0.820. The van der Waals surface area contributed by atoms with E-state index in [2.05, 4.69) is 10.1 Å². The number of imidazole rings is 1. The molecule has 1 aliphatic heterocycles. The fourth-order valence-electron chi connectivity index (χ4n) is 3.14. The minimum Gasteiger partial charge on any atom is -0.335 e. The lowest BCUT2D eigenvalue weighted by atomic mass is 10.1. The third kappa shape index (κ3) is 2.31. The lowest BCUT2D eigenvalue weighted by molar-refractivity contribution is -0.131. The van der Waals surface area contributed by atoms with Gasteiger partial charge >= 0.3 is 0 Å². The maximum atomic E-state index is 12.7. The Hall–Kier alpha value is -2.15. The van der Waals surface area contributed by atoms with Crippen molar-refractivity contribution in [2.24, 2.45) is 7.05 Å². The van der Waals surface area contributed by atoms with Crippen LogP contribution in [0.2, 0.25) is 0 Å². The Balaban J connectivity index is 1.52. The Kier molecular flexibility index (Phi) is 3.22. The van der Waals surface area contributed by atoms with Crippen molar-refractivity contribution in [3.05, 3.63) is 41.4 Å². The average molecular weight is 315 g/mol. The number of fused-ring (bicyclic) bond motifs is 1. The van der Waals surface area contributed by atoms with Gasteiger partial charge in [-0.3, -0.25) is 13.9 Å². The molecule has 22 heavy (non-hydrogen) atoms. The van der Waals surface area contributed by atoms with Crippen molar-refractivity contribution in [2.75, 3.05) is 6.54 Å². The van der Waals surface area contributed by atoms with Crippen LogP contribution in [0.25, 0.3) is 4.96 Å². The number of nitrogens with zero attached hydrogens (tertiary/aromatic N) is 5. The quantitative estimate of drug-likeness (QED) is 0.743. The lowest BCUT2D eigenvalue weighted by Crippen LogP contribution is -2.31. The molecule has 114 valence electrons. The first-order valence-corrected chi connectivity index (χ1v) is 8.28. The first-order chi connectivity index (χ1) is 10.7. The standard InChI is InChI=1S/C15H17N5OS/c1-18-9-11(8-16-18)13-3-2-4-20(13)14(21)7-12-10-19-5-6-22-15(19)17-12/h5-6,8-10,13H,2-4,7H2,1H3. The molecule has 7 heteroatoms. The summed E-state index contributed by atoms with van der Waals surface area (Å²) < 4.78 is 3.76. The molecular formula is C15H17N5OS. The number of hydrogen-bond donors (Lipinski definition) is 0. The van der Waals surface area contributed by atoms with Gasteiger partial charge in [-0.05, 0) is 12.8 Å². The first-order valence-electron chi connectivity index (χ1n) is 7.40. The topological polar surface area (TPSA) is 55.4 Å². The summed E-state index contributed by atoms with van der Waals surface area (Å²) in [7, 11) is 1.91. The van der Waals surface area contributed by atoms with Gasteiger partial charge in [0, 0.05) is 43.1 Å². The Morgan fingerprint density at radius 1 is 1.45 bits per heavy atom. The zero-order chi connectivity index (χ0) is 15.1. The van der Waals surface area contributed by atoms with E-state index in [1.165, 1.54) is 0 Å². The molecule has 1 aliphatic rings. The van der Waals surface area contributed by atoms with E-state index >= 15 is 0 Å². The number of likely N-dealkylation sites (tertiary alicyclic amines) is 1. The van der Waals surface area contributed by atoms with E-state index in [0.29, 0.717) is 6.42 Å². The van der Waals surface area contributed by atoms with Crippen LogP contribution < -0.4 is 0 Å². The van der Waals surface area contributed by atoms with Gasteiger partial charge in [-0.1, -0.05) is 0 Å². The number of aryl methyl sites for hydroxylation is 1. The predicted molar refractivity (Wildman–Crippen MR) is 83.7 cm³/mol. The molecule has 0 saturated carbocycles. The molecule has 1 unspecified atom stereocenters. The summed E-state index contributed by atoms with van der Waals surface area (Å²) in [6.07, 6.45) is 10.2. The summed E-state index contributed by atoms with van der Waals surface area (Å²) in [4.78, 5) is 20.1. The summed E-state index contributed by atoms with van der Waals surface area (Å²) in [5.41, 5.74) is 1.97. The van der Waals surface area contributed by atoms with Gasteiger partial charge in [-0.25, -0.2) is 4.98 Å². The van der Waals surface area contributed by atoms with Crippen LogP contribution in [0.15, 0.2) is 30.2 Å². The Bertz CT molecular complexity index is 788. The van der Waals surface area contributed by atoms with Gasteiger partial charge in [-0.2, -0.15) is 5.10 Å². The van der Waals surface area contributed by atoms with Crippen molar-refractivity contribution in [1.29, 1.82) is 0 Å². The SMILES string of the molecule is Cn1cc(C2CCCN2C(=O)Cc2cn3ccsc3n2)cn1. The maximum Gasteiger partial charge on any atom is 0.229 e. The van der Waals surface area contributed by atoms with Gasteiger partial charge in [0.2, 0.25) is 5.91 Å². The van der Waals surface area contributed by atoms with E-state index in [0.717, 1.165) is 35.6 Å². The van der Waals surface area contributed by atoms with Crippen LogP contribution in [0, 0.1) is 0 Å². The Morgan fingerprint density at radius 2 is 2.36 bits per heavy atom. The molecule has 1 atom stereocenters. The molecule has 4 heterocycles. The van der Waals surface area contributed by atoms with Crippen LogP contribution in [0.4, 0.5) is 0 Å². The molecule has 6 nitrogen and oxygen atoms in total. The van der Waals surface area contributed by atoms with Crippen molar-refractivity contribution < 1.29 is 4.79 Å². The average Bonchev–Trinajstić information content (AvgIpc) is 3.19. The van der Waals surface area contributed by atoms with Crippen LogP contribution in [-0.4, -0.2) is 36.5 Å². The minimum atomic E-state index is 0.150. The normalized spacial score (nSPS) is 18.4. The molecule has 3 aromatic rings. The van der Waals surface area contributed by atoms with Crippen LogP contribution in [0.1, 0.15) is 30.1 Å². The van der Waals surface area contributed by atoms with Crippen molar-refractivity contribution in [3.63, 3.8) is 0 Å². The third-order valence-corrected chi connectivity index (χ3v) is 4.93. The van der Waals surface area contributed by atoms with Crippen LogP contribution in [0.3, 0.4) is 0 Å². The molecule has 4 rings (SSSR count). The maximum absolute atomic E-state index is 12.7. The highest BCUT2D eigenvalue weighted by molar-refractivity contribution is 7.15. The van der Waals surface area contributed by atoms with E-state index in [1.807, 2.05) is 46.5 Å². The van der Waals surface area contributed by atoms with Crippen molar-refractivity contribution in [3.8, 4) is 0 Å². The zero-order valence-corrected chi connectivity index (χ0v) is 13.2. The van der Waals surface area contributed by atoms with E-state index in [9.17, 15) is 4.79 Å². The molecule has 0 bridgehead atoms. The second-order valence-electron chi connectivity index (χ2n) is 5.69. The van der Waals surface area contributed by atoms with E-state index < -0.39 is 0 Å². The summed E-state index contributed by atoms with van der Waals surface area (Å²) >= 11 is 1.58. The molecular weight excluding hydrogens is 298 g/mol. The van der Waals surface area contributed by atoms with Gasteiger partial charge in [0.1, 0.15) is 0 Å². The molecule has 1 fully saturated rings. The van der Waals surface area contributed by atoms with E-state index in [1.54, 1.807) is 16.0 Å². The molecule has 0 aromatic carbocycles. The van der Waals surface area contributed by atoms with Gasteiger partial charge in [-0.15, -0.1) is 11.3 Å². The fraction of sp³-hybridized carbons (Fsp3) is 0.400. The summed E-state index contributed by atoms with van der Waals surface area (Å²) in [5, 5.41) is 6.22. The Labute approximate surface area is 132 Å². The van der Waals surface area contributed by atoms with Crippen LogP contribution in [0.5, 0.6) is 0 Å². The summed E-state index contributed by atoms with van der Waals surface area (Å²) in [5.74, 6) is 0.150. The Morgan fingerprint density at radius 3 is 3.14 bits per heavy atom. The number of carbonyl (C=O) groups is 1. The smallest absolute Gasteiger partial charge is 0.229 e. The second kappa shape index (κ2) is 5.24. The van der Waals surface area contributed by atoms with Gasteiger partial charge in [0.25, 0.3) is 0 Å². The number of rotatable bonds is 3. The lowest BCUT2D eigenvalue weighted by Gasteiger charge is -2.23. The monoisotopic (exact) mass is 315 g/mol. The van der Waals surface area contributed by atoms with Crippen molar-refractivity contribution in [1.82, 2.24) is 24.1 Å². The van der Waals surface area contributed by atoms with Crippen LogP contribution in [-0.2, 0) is 18.3 Å². The second-order valence-corrected chi connectivity index (χ2v) is 6.57.